The van der Waals surface area contributed by atoms with Gasteiger partial charge >= 0.3 is 0 Å². The molecular formula is C20H25NO2. The minimum absolute atomic E-state index is 0.281. The number of fused-ring (bicyclic) bond motifs is 1. The van der Waals surface area contributed by atoms with Crippen LogP contribution in [0.1, 0.15) is 50.7 Å². The molecule has 4 rings (SSSR count). The Balaban J connectivity index is 1.50. The smallest absolute Gasteiger partial charge is 0.226 e. The number of amides is 1. The van der Waals surface area contributed by atoms with Crippen LogP contribution in [-0.4, -0.2) is 17.4 Å². The molecule has 0 unspecified atom stereocenters. The van der Waals surface area contributed by atoms with E-state index in [-0.39, 0.29) is 5.92 Å². The fraction of sp³-hybridized carbons (Fsp3) is 0.550. The molecule has 2 aliphatic carbocycles. The number of rotatable bonds is 5. The summed E-state index contributed by atoms with van der Waals surface area (Å²) in [4.78, 5) is 14.8. The van der Waals surface area contributed by atoms with E-state index in [4.69, 9.17) is 4.42 Å². The molecule has 0 radical (unpaired) electrons. The highest BCUT2D eigenvalue weighted by Gasteiger charge is 2.34. The van der Waals surface area contributed by atoms with Crippen LogP contribution in [-0.2, 0) is 11.3 Å². The van der Waals surface area contributed by atoms with Gasteiger partial charge in [0.05, 0.1) is 6.54 Å². The molecule has 2 fully saturated rings. The van der Waals surface area contributed by atoms with Crippen LogP contribution >= 0.6 is 0 Å². The van der Waals surface area contributed by atoms with Gasteiger partial charge in [-0.05, 0) is 43.7 Å². The summed E-state index contributed by atoms with van der Waals surface area (Å²) >= 11 is 0. The van der Waals surface area contributed by atoms with Crippen LogP contribution in [0.4, 0.5) is 0 Å². The SMILES string of the molecule is O=C(C1CC1)N(Cc1cc2ccccc2o1)CC1CCCCC1. The minimum atomic E-state index is 0.281. The molecule has 0 aliphatic heterocycles. The maximum Gasteiger partial charge on any atom is 0.226 e. The van der Waals surface area contributed by atoms with Crippen LogP contribution in [0.25, 0.3) is 11.0 Å². The van der Waals surface area contributed by atoms with Crippen molar-refractivity contribution in [2.45, 2.75) is 51.5 Å². The first kappa shape index (κ1) is 14.8. The highest BCUT2D eigenvalue weighted by atomic mass is 16.3. The number of furan rings is 1. The summed E-state index contributed by atoms with van der Waals surface area (Å²) in [6.45, 7) is 1.53. The van der Waals surface area contributed by atoms with Gasteiger partial charge in [-0.15, -0.1) is 0 Å². The molecule has 1 aromatic heterocycles. The van der Waals surface area contributed by atoms with Crippen LogP contribution in [0.15, 0.2) is 34.7 Å². The molecule has 0 saturated heterocycles. The summed E-state index contributed by atoms with van der Waals surface area (Å²) in [5.74, 6) is 2.21. The normalized spacial score (nSPS) is 19.1. The number of carbonyl (C=O) groups excluding carboxylic acids is 1. The van der Waals surface area contributed by atoms with Crippen molar-refractivity contribution in [3.05, 3.63) is 36.1 Å². The largest absolute Gasteiger partial charge is 0.459 e. The van der Waals surface area contributed by atoms with E-state index in [9.17, 15) is 4.79 Å². The molecule has 2 saturated carbocycles. The number of hydrogen-bond acceptors (Lipinski definition) is 2. The third kappa shape index (κ3) is 3.44. The third-order valence-electron chi connectivity index (χ3n) is 5.26. The Morgan fingerprint density at radius 1 is 1.09 bits per heavy atom. The lowest BCUT2D eigenvalue weighted by molar-refractivity contribution is -0.134. The van der Waals surface area contributed by atoms with Gasteiger partial charge < -0.3 is 9.32 Å². The van der Waals surface area contributed by atoms with Crippen LogP contribution < -0.4 is 0 Å². The van der Waals surface area contributed by atoms with E-state index in [1.165, 1.54) is 32.1 Å². The van der Waals surface area contributed by atoms with Crippen LogP contribution in [0.2, 0.25) is 0 Å². The summed E-state index contributed by atoms with van der Waals surface area (Å²) in [6, 6.07) is 10.2. The van der Waals surface area contributed by atoms with E-state index in [2.05, 4.69) is 17.0 Å². The fourth-order valence-corrected chi connectivity index (χ4v) is 3.81. The lowest BCUT2D eigenvalue weighted by atomic mass is 9.89. The molecule has 0 spiro atoms. The number of benzene rings is 1. The second-order valence-corrected chi connectivity index (χ2v) is 7.25. The summed E-state index contributed by atoms with van der Waals surface area (Å²) in [5.41, 5.74) is 0.916. The van der Waals surface area contributed by atoms with Gasteiger partial charge in [0.1, 0.15) is 11.3 Å². The molecule has 3 heteroatoms. The van der Waals surface area contributed by atoms with Crippen molar-refractivity contribution in [1.82, 2.24) is 4.90 Å². The molecule has 2 aliphatic rings. The van der Waals surface area contributed by atoms with Crippen LogP contribution in [0, 0.1) is 11.8 Å². The maximum absolute atomic E-state index is 12.7. The van der Waals surface area contributed by atoms with Crippen LogP contribution in [0.5, 0.6) is 0 Å². The zero-order valence-electron chi connectivity index (χ0n) is 13.7. The van der Waals surface area contributed by atoms with Crippen molar-refractivity contribution in [1.29, 1.82) is 0 Å². The molecule has 23 heavy (non-hydrogen) atoms. The number of carbonyl (C=O) groups is 1. The van der Waals surface area contributed by atoms with E-state index >= 15 is 0 Å². The summed E-state index contributed by atoms with van der Waals surface area (Å²) in [6.07, 6.45) is 8.68. The van der Waals surface area contributed by atoms with Crippen LogP contribution in [0.3, 0.4) is 0 Å². The number of hydrogen-bond donors (Lipinski definition) is 0. The zero-order valence-corrected chi connectivity index (χ0v) is 13.7. The van der Waals surface area contributed by atoms with Gasteiger partial charge in [-0.25, -0.2) is 0 Å². The van der Waals surface area contributed by atoms with E-state index in [0.29, 0.717) is 18.4 Å². The Hall–Kier alpha value is -1.77. The second kappa shape index (κ2) is 6.38. The van der Waals surface area contributed by atoms with Gasteiger partial charge in [0.15, 0.2) is 0 Å². The molecule has 3 nitrogen and oxygen atoms in total. The quantitative estimate of drug-likeness (QED) is 0.798. The van der Waals surface area contributed by atoms with E-state index in [1.807, 2.05) is 18.2 Å². The van der Waals surface area contributed by atoms with Crippen molar-refractivity contribution in [3.8, 4) is 0 Å². The van der Waals surface area contributed by atoms with Crippen molar-refractivity contribution in [3.63, 3.8) is 0 Å². The van der Waals surface area contributed by atoms with Gasteiger partial charge in [-0.1, -0.05) is 37.5 Å². The standard InChI is InChI=1S/C20H25NO2/c22-20(16-10-11-16)21(13-15-6-2-1-3-7-15)14-18-12-17-8-4-5-9-19(17)23-18/h4-5,8-9,12,15-16H,1-3,6-7,10-11,13-14H2. The highest BCUT2D eigenvalue weighted by molar-refractivity contribution is 5.81. The van der Waals surface area contributed by atoms with E-state index in [0.717, 1.165) is 36.1 Å². The predicted molar refractivity (Wildman–Crippen MR) is 90.9 cm³/mol. The molecule has 1 amide bonds. The lowest BCUT2D eigenvalue weighted by Crippen LogP contribution is -2.36. The Morgan fingerprint density at radius 3 is 2.61 bits per heavy atom. The monoisotopic (exact) mass is 311 g/mol. The Morgan fingerprint density at radius 2 is 1.87 bits per heavy atom. The Labute approximate surface area is 137 Å². The zero-order chi connectivity index (χ0) is 15.6. The number of para-hydroxylation sites is 1. The molecule has 122 valence electrons. The summed E-state index contributed by atoms with van der Waals surface area (Å²) in [5, 5.41) is 1.12. The van der Waals surface area contributed by atoms with E-state index < -0.39 is 0 Å². The summed E-state index contributed by atoms with van der Waals surface area (Å²) in [7, 11) is 0. The number of nitrogens with zero attached hydrogens (tertiary/aromatic N) is 1. The predicted octanol–water partition coefficient (Wildman–Crippen LogP) is 4.75. The molecule has 0 bridgehead atoms. The average Bonchev–Trinajstić information content (AvgIpc) is 3.34. The van der Waals surface area contributed by atoms with Crippen molar-refractivity contribution >= 4 is 16.9 Å². The second-order valence-electron chi connectivity index (χ2n) is 7.25. The van der Waals surface area contributed by atoms with Gasteiger partial charge in [0.2, 0.25) is 5.91 Å². The van der Waals surface area contributed by atoms with Crippen molar-refractivity contribution in [2.24, 2.45) is 11.8 Å². The first-order chi connectivity index (χ1) is 11.3. The molecule has 1 aromatic carbocycles. The highest BCUT2D eigenvalue weighted by Crippen LogP contribution is 2.33. The molecule has 0 atom stereocenters. The van der Waals surface area contributed by atoms with Gasteiger partial charge in [0.25, 0.3) is 0 Å². The van der Waals surface area contributed by atoms with Crippen molar-refractivity contribution < 1.29 is 9.21 Å². The first-order valence-corrected chi connectivity index (χ1v) is 9.06. The Bertz CT molecular complexity index is 647. The van der Waals surface area contributed by atoms with E-state index in [1.54, 1.807) is 0 Å². The molecular weight excluding hydrogens is 286 g/mol. The first-order valence-electron chi connectivity index (χ1n) is 9.06. The topological polar surface area (TPSA) is 33.5 Å². The minimum Gasteiger partial charge on any atom is -0.459 e. The molecule has 1 heterocycles. The lowest BCUT2D eigenvalue weighted by Gasteiger charge is -2.29. The Kier molecular flexibility index (Phi) is 4.11. The molecule has 2 aromatic rings. The van der Waals surface area contributed by atoms with Gasteiger partial charge in [0, 0.05) is 17.8 Å². The summed E-state index contributed by atoms with van der Waals surface area (Å²) < 4.78 is 5.94. The third-order valence-corrected chi connectivity index (χ3v) is 5.26. The van der Waals surface area contributed by atoms with Gasteiger partial charge in [-0.2, -0.15) is 0 Å². The van der Waals surface area contributed by atoms with Crippen molar-refractivity contribution in [2.75, 3.05) is 6.54 Å². The maximum atomic E-state index is 12.7. The fourth-order valence-electron chi connectivity index (χ4n) is 3.81. The molecule has 0 N–H and O–H groups in total. The van der Waals surface area contributed by atoms with Gasteiger partial charge in [-0.3, -0.25) is 4.79 Å². The average molecular weight is 311 g/mol.